The Morgan fingerprint density at radius 3 is 2.47 bits per heavy atom. The van der Waals surface area contributed by atoms with Crippen molar-refractivity contribution in [2.75, 3.05) is 37.5 Å². The molecule has 6 nitrogen and oxygen atoms in total. The third-order valence-corrected chi connectivity index (χ3v) is 7.08. The normalized spacial score (nSPS) is 26.3. The smallest absolute Gasteiger partial charge is 0.161 e. The molecule has 2 heterocycles. The molecule has 160 valence electrons. The Morgan fingerprint density at radius 2 is 1.73 bits per heavy atom. The van der Waals surface area contributed by atoms with Gasteiger partial charge >= 0.3 is 0 Å². The van der Waals surface area contributed by atoms with Gasteiger partial charge in [0.2, 0.25) is 0 Å². The van der Waals surface area contributed by atoms with Crippen LogP contribution in [0.15, 0.2) is 36.4 Å². The fourth-order valence-electron chi connectivity index (χ4n) is 5.59. The number of aliphatic hydroxyl groups excluding tert-OH is 1. The quantitative estimate of drug-likeness (QED) is 0.807. The van der Waals surface area contributed by atoms with Crippen LogP contribution < -0.4 is 19.7 Å². The number of likely N-dealkylation sites (tertiary alicyclic amines) is 1. The van der Waals surface area contributed by atoms with Crippen LogP contribution in [0.25, 0.3) is 0 Å². The van der Waals surface area contributed by atoms with Crippen LogP contribution in [0.2, 0.25) is 0 Å². The molecule has 0 bridgehead atoms. The predicted octanol–water partition coefficient (Wildman–Crippen LogP) is 3.40. The van der Waals surface area contributed by atoms with Crippen LogP contribution in [0, 0.1) is 0 Å². The number of anilines is 2. The molecule has 0 aromatic heterocycles. The molecule has 0 radical (unpaired) electrons. The number of piperidine rings is 1. The summed E-state index contributed by atoms with van der Waals surface area (Å²) in [5.74, 6) is 1.42. The first-order valence-corrected chi connectivity index (χ1v) is 10.9. The summed E-state index contributed by atoms with van der Waals surface area (Å²) in [7, 11) is 3.30. The fourth-order valence-corrected chi connectivity index (χ4v) is 5.59. The number of nitrogens with one attached hydrogen (secondary N) is 1. The molecular weight excluding hydrogens is 378 g/mol. The molecule has 1 aliphatic carbocycles. The van der Waals surface area contributed by atoms with E-state index in [1.54, 1.807) is 14.2 Å². The second-order valence-corrected chi connectivity index (χ2v) is 8.63. The summed E-state index contributed by atoms with van der Waals surface area (Å²) < 4.78 is 10.9. The lowest BCUT2D eigenvalue weighted by Crippen LogP contribution is -2.51. The molecule has 3 aliphatic rings. The average molecular weight is 410 g/mol. The lowest BCUT2D eigenvalue weighted by molar-refractivity contribution is 0.0453. The minimum absolute atomic E-state index is 0.124. The van der Waals surface area contributed by atoms with Crippen molar-refractivity contribution in [3.8, 4) is 11.5 Å². The van der Waals surface area contributed by atoms with Crippen LogP contribution in [-0.4, -0.2) is 55.6 Å². The zero-order valence-electron chi connectivity index (χ0n) is 18.0. The molecule has 1 saturated heterocycles. The van der Waals surface area contributed by atoms with Crippen molar-refractivity contribution in [3.05, 3.63) is 47.5 Å². The second-order valence-electron chi connectivity index (χ2n) is 8.63. The van der Waals surface area contributed by atoms with Crippen molar-refractivity contribution in [1.82, 2.24) is 4.90 Å². The number of rotatable bonds is 4. The molecule has 0 spiro atoms. The monoisotopic (exact) mass is 409 g/mol. The summed E-state index contributed by atoms with van der Waals surface area (Å²) in [4.78, 5) is 5.02. The maximum absolute atomic E-state index is 11.1. The first-order chi connectivity index (χ1) is 14.6. The van der Waals surface area contributed by atoms with Crippen LogP contribution in [0.4, 0.5) is 11.4 Å². The average Bonchev–Trinajstić information content (AvgIpc) is 3.28. The lowest BCUT2D eigenvalue weighted by atomic mass is 9.99. The second kappa shape index (κ2) is 7.67. The molecule has 2 aromatic rings. The molecule has 1 unspecified atom stereocenters. The largest absolute Gasteiger partial charge is 0.493 e. The molecule has 1 fully saturated rings. The van der Waals surface area contributed by atoms with Crippen molar-refractivity contribution < 1.29 is 14.6 Å². The number of fused-ring (bicyclic) bond motifs is 2. The highest BCUT2D eigenvalue weighted by Crippen LogP contribution is 2.43. The zero-order chi connectivity index (χ0) is 20.8. The Morgan fingerprint density at radius 1 is 1.03 bits per heavy atom. The zero-order valence-corrected chi connectivity index (χ0v) is 18.0. The number of hydrogen-bond donors (Lipinski definition) is 2. The summed E-state index contributed by atoms with van der Waals surface area (Å²) >= 11 is 0. The van der Waals surface area contributed by atoms with Crippen molar-refractivity contribution in [1.29, 1.82) is 0 Å². The van der Waals surface area contributed by atoms with Crippen molar-refractivity contribution in [3.63, 3.8) is 0 Å². The van der Waals surface area contributed by atoms with Gasteiger partial charge < -0.3 is 24.8 Å². The Hall–Kier alpha value is -2.44. The van der Waals surface area contributed by atoms with Crippen molar-refractivity contribution in [2.24, 2.45) is 0 Å². The van der Waals surface area contributed by atoms with Gasteiger partial charge in [0, 0.05) is 25.2 Å². The van der Waals surface area contributed by atoms with Gasteiger partial charge in [0.15, 0.2) is 11.5 Å². The van der Waals surface area contributed by atoms with Gasteiger partial charge in [-0.05, 0) is 61.6 Å². The number of aliphatic hydroxyl groups is 1. The summed E-state index contributed by atoms with van der Waals surface area (Å²) in [6, 6.07) is 13.2. The van der Waals surface area contributed by atoms with Crippen molar-refractivity contribution in [2.45, 2.75) is 50.5 Å². The Labute approximate surface area is 178 Å². The molecule has 2 N–H and O–H groups in total. The van der Waals surface area contributed by atoms with E-state index in [0.717, 1.165) is 43.7 Å². The Balaban J connectivity index is 1.28. The van der Waals surface area contributed by atoms with E-state index in [0.29, 0.717) is 18.0 Å². The molecule has 6 heteroatoms. The number of methoxy groups -OCH3 is 2. The third-order valence-electron chi connectivity index (χ3n) is 7.08. The van der Waals surface area contributed by atoms with Crippen LogP contribution in [0.1, 0.15) is 37.0 Å². The highest BCUT2D eigenvalue weighted by molar-refractivity contribution is 5.76. The van der Waals surface area contributed by atoms with Crippen LogP contribution >= 0.6 is 0 Å². The number of para-hydroxylation sites is 2. The van der Waals surface area contributed by atoms with Crippen LogP contribution in [0.3, 0.4) is 0 Å². The molecule has 30 heavy (non-hydrogen) atoms. The molecule has 0 saturated carbocycles. The summed E-state index contributed by atoms with van der Waals surface area (Å²) in [6.07, 6.45) is 2.90. The van der Waals surface area contributed by atoms with Gasteiger partial charge in [0.05, 0.1) is 37.9 Å². The van der Waals surface area contributed by atoms with E-state index >= 15 is 0 Å². The van der Waals surface area contributed by atoms with Gasteiger partial charge in [-0.25, -0.2) is 0 Å². The van der Waals surface area contributed by atoms with E-state index in [4.69, 9.17) is 9.47 Å². The van der Waals surface area contributed by atoms with Gasteiger partial charge in [-0.15, -0.1) is 0 Å². The maximum Gasteiger partial charge on any atom is 0.161 e. The highest BCUT2D eigenvalue weighted by Gasteiger charge is 2.39. The molecule has 5 rings (SSSR count). The predicted molar refractivity (Wildman–Crippen MR) is 119 cm³/mol. The molecule has 2 aliphatic heterocycles. The van der Waals surface area contributed by atoms with E-state index in [9.17, 15) is 5.11 Å². The fraction of sp³-hybridized carbons (Fsp3) is 0.500. The highest BCUT2D eigenvalue weighted by atomic mass is 16.5. The SMILES string of the molecule is COc1cc2c(cc1OC)[C@@H](O)[C@@H](N1CCC(N3c4ccccc4NC3C)CC1)C2. The first-order valence-electron chi connectivity index (χ1n) is 10.9. The summed E-state index contributed by atoms with van der Waals surface area (Å²) in [6.45, 7) is 4.24. The van der Waals surface area contributed by atoms with Gasteiger partial charge in [-0.3, -0.25) is 4.90 Å². The number of hydrogen-bond acceptors (Lipinski definition) is 6. The molecule has 0 amide bonds. The topological polar surface area (TPSA) is 57.2 Å². The van der Waals surface area contributed by atoms with E-state index in [2.05, 4.69) is 46.3 Å². The van der Waals surface area contributed by atoms with Crippen LogP contribution in [0.5, 0.6) is 11.5 Å². The van der Waals surface area contributed by atoms with E-state index in [1.165, 1.54) is 16.9 Å². The maximum atomic E-state index is 11.1. The molecule has 2 aromatic carbocycles. The van der Waals surface area contributed by atoms with Gasteiger partial charge in [-0.2, -0.15) is 0 Å². The number of ether oxygens (including phenoxy) is 2. The van der Waals surface area contributed by atoms with Crippen molar-refractivity contribution >= 4 is 11.4 Å². The van der Waals surface area contributed by atoms with Gasteiger partial charge in [0.1, 0.15) is 0 Å². The summed E-state index contributed by atoms with van der Waals surface area (Å²) in [5, 5.41) is 14.7. The van der Waals surface area contributed by atoms with Crippen LogP contribution in [-0.2, 0) is 6.42 Å². The number of nitrogens with zero attached hydrogens (tertiary/aromatic N) is 2. The summed E-state index contributed by atoms with van der Waals surface area (Å²) in [5.41, 5.74) is 4.69. The van der Waals surface area contributed by atoms with E-state index < -0.39 is 6.10 Å². The standard InChI is InChI=1S/C24H31N3O3/c1-15-25-19-6-4-5-7-20(19)27(15)17-8-10-26(11-9-17)21-12-16-13-22(29-2)23(30-3)14-18(16)24(21)28/h4-7,13-15,17,21,24-25,28H,8-12H2,1-3H3/t15?,21-,24+/m0/s1. The minimum atomic E-state index is -0.482. The molecule has 3 atom stereocenters. The third kappa shape index (κ3) is 3.10. The van der Waals surface area contributed by atoms with Gasteiger partial charge in [0.25, 0.3) is 0 Å². The molecular formula is C24H31N3O3. The van der Waals surface area contributed by atoms with Gasteiger partial charge in [-0.1, -0.05) is 12.1 Å². The number of benzene rings is 2. The van der Waals surface area contributed by atoms with E-state index in [1.807, 2.05) is 12.1 Å². The Kier molecular flexibility index (Phi) is 4.99. The minimum Gasteiger partial charge on any atom is -0.493 e. The lowest BCUT2D eigenvalue weighted by Gasteiger charge is -2.42. The van der Waals surface area contributed by atoms with E-state index in [-0.39, 0.29) is 6.04 Å². The Bertz CT molecular complexity index is 926. The first kappa shape index (κ1) is 19.5.